The molecule has 2 N–H and O–H groups in total. The van der Waals surface area contributed by atoms with E-state index in [9.17, 15) is 0 Å². The van der Waals surface area contributed by atoms with Gasteiger partial charge in [0.05, 0.1) is 7.11 Å². The molecule has 3 nitrogen and oxygen atoms in total. The number of benzene rings is 2. The Balaban J connectivity index is 1.91. The van der Waals surface area contributed by atoms with E-state index in [0.717, 1.165) is 30.1 Å². The first kappa shape index (κ1) is 12.9. The van der Waals surface area contributed by atoms with Crippen molar-refractivity contribution in [2.45, 2.75) is 19.4 Å². The van der Waals surface area contributed by atoms with Gasteiger partial charge in [-0.1, -0.05) is 18.2 Å². The third-order valence-corrected chi connectivity index (χ3v) is 3.87. The Morgan fingerprint density at radius 2 is 2.05 bits per heavy atom. The summed E-state index contributed by atoms with van der Waals surface area (Å²) < 4.78 is 5.45. The van der Waals surface area contributed by atoms with E-state index in [1.165, 1.54) is 24.1 Å². The fourth-order valence-electron chi connectivity index (χ4n) is 2.90. The van der Waals surface area contributed by atoms with Gasteiger partial charge in [-0.15, -0.1) is 0 Å². The highest BCUT2D eigenvalue weighted by molar-refractivity contribution is 5.57. The summed E-state index contributed by atoms with van der Waals surface area (Å²) in [5.41, 5.74) is 10.6. The number of hydrogen-bond acceptors (Lipinski definition) is 3. The molecule has 0 amide bonds. The quantitative estimate of drug-likeness (QED) is 0.869. The van der Waals surface area contributed by atoms with Crippen LogP contribution in [0.3, 0.4) is 0 Å². The third-order valence-electron chi connectivity index (χ3n) is 3.87. The van der Waals surface area contributed by atoms with Gasteiger partial charge in [-0.3, -0.25) is 0 Å². The van der Waals surface area contributed by atoms with Gasteiger partial charge >= 0.3 is 0 Å². The number of nitrogens with zero attached hydrogens (tertiary/aromatic N) is 1. The van der Waals surface area contributed by atoms with Crippen molar-refractivity contribution in [2.75, 3.05) is 24.3 Å². The smallest absolute Gasteiger partial charge is 0.123 e. The maximum absolute atomic E-state index is 5.91. The van der Waals surface area contributed by atoms with Gasteiger partial charge in [-0.2, -0.15) is 0 Å². The summed E-state index contributed by atoms with van der Waals surface area (Å²) in [5, 5.41) is 0. The molecule has 0 fully saturated rings. The molecule has 0 aromatic heterocycles. The molecule has 0 bridgehead atoms. The van der Waals surface area contributed by atoms with Crippen LogP contribution in [0.25, 0.3) is 0 Å². The molecule has 0 radical (unpaired) electrons. The molecule has 1 heterocycles. The van der Waals surface area contributed by atoms with Crippen molar-refractivity contribution in [3.8, 4) is 5.75 Å². The molecule has 2 aromatic carbocycles. The summed E-state index contributed by atoms with van der Waals surface area (Å²) in [6.07, 6.45) is 2.36. The second-order valence-electron chi connectivity index (χ2n) is 5.23. The van der Waals surface area contributed by atoms with Gasteiger partial charge in [0, 0.05) is 30.0 Å². The Morgan fingerprint density at radius 1 is 1.20 bits per heavy atom. The van der Waals surface area contributed by atoms with Crippen LogP contribution in [0.5, 0.6) is 5.75 Å². The highest BCUT2D eigenvalue weighted by Gasteiger charge is 2.17. The predicted octanol–water partition coefficient (Wildman–Crippen LogP) is 3.23. The number of ether oxygens (including phenoxy) is 1. The first-order valence-electron chi connectivity index (χ1n) is 7.03. The SMILES string of the molecule is COc1ccc(N)cc1CN1CCCc2ccccc21. The summed E-state index contributed by atoms with van der Waals surface area (Å²) >= 11 is 0. The molecule has 2 aromatic rings. The van der Waals surface area contributed by atoms with Gasteiger partial charge in [0.25, 0.3) is 0 Å². The molecule has 1 aliphatic heterocycles. The van der Waals surface area contributed by atoms with Gasteiger partial charge in [0.2, 0.25) is 0 Å². The maximum atomic E-state index is 5.91. The average molecular weight is 268 g/mol. The molecule has 0 aliphatic carbocycles. The van der Waals surface area contributed by atoms with Gasteiger partial charge in [0.1, 0.15) is 5.75 Å². The Kier molecular flexibility index (Phi) is 3.50. The Morgan fingerprint density at radius 3 is 2.90 bits per heavy atom. The molecule has 0 saturated carbocycles. The zero-order valence-corrected chi connectivity index (χ0v) is 11.8. The van der Waals surface area contributed by atoms with Gasteiger partial charge in [-0.05, 0) is 42.7 Å². The summed E-state index contributed by atoms with van der Waals surface area (Å²) in [7, 11) is 1.71. The molecule has 1 aliphatic rings. The number of nitrogen functional groups attached to an aromatic ring is 1. The first-order chi connectivity index (χ1) is 9.78. The topological polar surface area (TPSA) is 38.5 Å². The van der Waals surface area contributed by atoms with Crippen molar-refractivity contribution in [3.63, 3.8) is 0 Å². The molecular formula is C17H20N2O. The van der Waals surface area contributed by atoms with Gasteiger partial charge in [0.15, 0.2) is 0 Å². The third kappa shape index (κ3) is 2.44. The second kappa shape index (κ2) is 5.45. The Hall–Kier alpha value is -2.16. The van der Waals surface area contributed by atoms with Crippen molar-refractivity contribution >= 4 is 11.4 Å². The van der Waals surface area contributed by atoms with Crippen molar-refractivity contribution < 1.29 is 4.74 Å². The van der Waals surface area contributed by atoms with Crippen molar-refractivity contribution in [1.82, 2.24) is 0 Å². The molecule has 0 saturated heterocycles. The standard InChI is InChI=1S/C17H20N2O/c1-20-17-9-8-15(18)11-14(17)12-19-10-4-6-13-5-2-3-7-16(13)19/h2-3,5,7-9,11H,4,6,10,12,18H2,1H3. The minimum absolute atomic E-state index is 0.783. The summed E-state index contributed by atoms with van der Waals surface area (Å²) in [6.45, 7) is 1.92. The number of hydrogen-bond donors (Lipinski definition) is 1. The molecule has 3 heteroatoms. The van der Waals surface area contributed by atoms with E-state index < -0.39 is 0 Å². The van der Waals surface area contributed by atoms with Crippen LogP contribution in [0, 0.1) is 0 Å². The molecular weight excluding hydrogens is 248 g/mol. The fraction of sp³-hybridized carbons (Fsp3) is 0.294. The maximum Gasteiger partial charge on any atom is 0.123 e. The molecule has 0 unspecified atom stereocenters. The lowest BCUT2D eigenvalue weighted by atomic mass is 10.0. The zero-order chi connectivity index (χ0) is 13.9. The molecule has 3 rings (SSSR count). The van der Waals surface area contributed by atoms with Crippen molar-refractivity contribution in [1.29, 1.82) is 0 Å². The number of aryl methyl sites for hydroxylation is 1. The lowest BCUT2D eigenvalue weighted by molar-refractivity contribution is 0.409. The van der Waals surface area contributed by atoms with Crippen molar-refractivity contribution in [2.24, 2.45) is 0 Å². The van der Waals surface area contributed by atoms with E-state index >= 15 is 0 Å². The van der Waals surface area contributed by atoms with Crippen LogP contribution >= 0.6 is 0 Å². The van der Waals surface area contributed by atoms with Crippen molar-refractivity contribution in [3.05, 3.63) is 53.6 Å². The average Bonchev–Trinajstić information content (AvgIpc) is 2.48. The van der Waals surface area contributed by atoms with E-state index in [4.69, 9.17) is 10.5 Å². The monoisotopic (exact) mass is 268 g/mol. The van der Waals surface area contributed by atoms with Crippen LogP contribution in [-0.4, -0.2) is 13.7 Å². The van der Waals surface area contributed by atoms with Crippen LogP contribution in [-0.2, 0) is 13.0 Å². The number of fused-ring (bicyclic) bond motifs is 1. The summed E-state index contributed by atoms with van der Waals surface area (Å²) in [6, 6.07) is 14.5. The van der Waals surface area contributed by atoms with Crippen LogP contribution in [0.2, 0.25) is 0 Å². The van der Waals surface area contributed by atoms with E-state index in [-0.39, 0.29) is 0 Å². The second-order valence-corrected chi connectivity index (χ2v) is 5.23. The van der Waals surface area contributed by atoms with Crippen LogP contribution in [0.15, 0.2) is 42.5 Å². The summed E-state index contributed by atoms with van der Waals surface area (Å²) in [5.74, 6) is 0.905. The molecule has 0 spiro atoms. The van der Waals surface area contributed by atoms with E-state index in [0.29, 0.717) is 0 Å². The van der Waals surface area contributed by atoms with Crippen LogP contribution < -0.4 is 15.4 Å². The molecule has 104 valence electrons. The highest BCUT2D eigenvalue weighted by Crippen LogP contribution is 2.30. The van der Waals surface area contributed by atoms with E-state index in [1.807, 2.05) is 18.2 Å². The van der Waals surface area contributed by atoms with E-state index in [2.05, 4.69) is 29.2 Å². The lowest BCUT2D eigenvalue weighted by Crippen LogP contribution is -2.28. The summed E-state index contributed by atoms with van der Waals surface area (Å²) in [4.78, 5) is 2.41. The zero-order valence-electron chi connectivity index (χ0n) is 11.8. The largest absolute Gasteiger partial charge is 0.496 e. The minimum atomic E-state index is 0.783. The number of para-hydroxylation sites is 1. The fourth-order valence-corrected chi connectivity index (χ4v) is 2.90. The minimum Gasteiger partial charge on any atom is -0.496 e. The van der Waals surface area contributed by atoms with Gasteiger partial charge < -0.3 is 15.4 Å². The first-order valence-corrected chi connectivity index (χ1v) is 7.03. The lowest BCUT2D eigenvalue weighted by Gasteiger charge is -2.31. The number of nitrogens with two attached hydrogens (primary N) is 1. The highest BCUT2D eigenvalue weighted by atomic mass is 16.5. The van der Waals surface area contributed by atoms with Gasteiger partial charge in [-0.25, -0.2) is 0 Å². The van der Waals surface area contributed by atoms with Crippen LogP contribution in [0.1, 0.15) is 17.5 Å². The van der Waals surface area contributed by atoms with Crippen LogP contribution in [0.4, 0.5) is 11.4 Å². The number of rotatable bonds is 3. The normalized spacial score (nSPS) is 13.9. The Bertz CT molecular complexity index is 610. The number of anilines is 2. The van der Waals surface area contributed by atoms with E-state index in [1.54, 1.807) is 7.11 Å². The predicted molar refractivity (Wildman–Crippen MR) is 83.2 cm³/mol. The molecule has 0 atom stereocenters. The molecule has 20 heavy (non-hydrogen) atoms. The Labute approximate surface area is 120 Å². The number of methoxy groups -OCH3 is 1.